The van der Waals surface area contributed by atoms with E-state index in [4.69, 9.17) is 9.26 Å². The fraction of sp³-hybridized carbons (Fsp3) is 0.571. The van der Waals surface area contributed by atoms with Crippen LogP contribution in [0, 0.1) is 11.8 Å². The van der Waals surface area contributed by atoms with Crippen LogP contribution in [0.3, 0.4) is 0 Å². The van der Waals surface area contributed by atoms with Crippen molar-refractivity contribution in [2.45, 2.75) is 39.8 Å². The number of carbonyl (C=O) groups excluding carboxylic acids is 3. The topological polar surface area (TPSA) is 120 Å². The van der Waals surface area contributed by atoms with Gasteiger partial charge in [-0.25, -0.2) is 9.59 Å². The summed E-state index contributed by atoms with van der Waals surface area (Å²) in [5.41, 5.74) is 0.820. The summed E-state index contributed by atoms with van der Waals surface area (Å²) in [7, 11) is -0.868. The lowest BCUT2D eigenvalue weighted by molar-refractivity contribution is -0.145. The lowest BCUT2D eigenvalue weighted by Gasteiger charge is -2.25. The number of alkyl carbamates (subject to hydrolysis) is 1. The Morgan fingerprint density at radius 2 is 1.71 bits per heavy atom. The zero-order valence-electron chi connectivity index (χ0n) is 18.8. The van der Waals surface area contributed by atoms with Crippen LogP contribution in [-0.2, 0) is 34.8 Å². The molecule has 174 valence electrons. The normalized spacial score (nSPS) is 14.8. The van der Waals surface area contributed by atoms with Crippen LogP contribution in [0.4, 0.5) is 4.79 Å². The molecule has 0 saturated heterocycles. The minimum atomic E-state index is -3.38. The molecule has 0 bridgehead atoms. The van der Waals surface area contributed by atoms with Gasteiger partial charge in [0.1, 0.15) is 12.6 Å². The van der Waals surface area contributed by atoms with E-state index in [9.17, 15) is 18.9 Å². The zero-order chi connectivity index (χ0) is 23.4. The second-order valence-electron chi connectivity index (χ2n) is 7.66. The standard InChI is InChI=1S/C21H33N2O7P/c1-15(2)11-18(19(24)23-16(3)20(25)28-4)13-31(27,29-5)14-22-21(26)30-12-17-9-7-6-8-10-17/h6-10,15-16,18H,11-14H2,1-5H3,(H,22,26)(H,23,24)/t16-,18?,31?/m0/s1. The first-order chi connectivity index (χ1) is 14.6. The molecule has 0 spiro atoms. The van der Waals surface area contributed by atoms with Crippen LogP contribution in [0.2, 0.25) is 0 Å². The first kappa shape index (κ1) is 26.7. The first-order valence-corrected chi connectivity index (χ1v) is 12.1. The Morgan fingerprint density at radius 3 is 2.26 bits per heavy atom. The van der Waals surface area contributed by atoms with Crippen molar-refractivity contribution in [1.82, 2.24) is 10.6 Å². The van der Waals surface area contributed by atoms with E-state index in [1.165, 1.54) is 21.1 Å². The molecule has 2 amide bonds. The van der Waals surface area contributed by atoms with Crippen LogP contribution in [-0.4, -0.2) is 50.7 Å². The SMILES string of the molecule is COC(=O)[C@H](C)NC(=O)C(CC(C)C)CP(=O)(CNC(=O)OCc1ccccc1)OC. The van der Waals surface area contributed by atoms with Gasteiger partial charge >= 0.3 is 12.1 Å². The lowest BCUT2D eigenvalue weighted by Crippen LogP contribution is -2.43. The smallest absolute Gasteiger partial charge is 0.407 e. The van der Waals surface area contributed by atoms with Crippen molar-refractivity contribution in [2.75, 3.05) is 26.7 Å². The van der Waals surface area contributed by atoms with Gasteiger partial charge in [-0.1, -0.05) is 44.2 Å². The van der Waals surface area contributed by atoms with Crippen LogP contribution in [0.25, 0.3) is 0 Å². The van der Waals surface area contributed by atoms with Crippen molar-refractivity contribution in [1.29, 1.82) is 0 Å². The molecule has 0 aliphatic rings. The minimum Gasteiger partial charge on any atom is -0.467 e. The van der Waals surface area contributed by atoms with Crippen LogP contribution in [0.1, 0.15) is 32.8 Å². The molecule has 1 rings (SSSR count). The van der Waals surface area contributed by atoms with Crippen molar-refractivity contribution in [3.8, 4) is 0 Å². The summed E-state index contributed by atoms with van der Waals surface area (Å²) in [6.45, 7) is 5.45. The Bertz CT molecular complexity index is 770. The molecule has 2 N–H and O–H groups in total. The highest BCUT2D eigenvalue weighted by Crippen LogP contribution is 2.47. The van der Waals surface area contributed by atoms with Crippen LogP contribution in [0.15, 0.2) is 30.3 Å². The summed E-state index contributed by atoms with van der Waals surface area (Å²) in [5.74, 6) is -1.52. The molecule has 31 heavy (non-hydrogen) atoms. The lowest BCUT2D eigenvalue weighted by atomic mass is 9.98. The Balaban J connectivity index is 2.70. The fourth-order valence-corrected chi connectivity index (χ4v) is 4.66. The minimum absolute atomic E-state index is 0.0771. The number of hydrogen-bond acceptors (Lipinski definition) is 7. The van der Waals surface area contributed by atoms with Crippen molar-refractivity contribution >= 4 is 25.3 Å². The van der Waals surface area contributed by atoms with Gasteiger partial charge in [0, 0.05) is 19.2 Å². The van der Waals surface area contributed by atoms with Crippen LogP contribution >= 0.6 is 7.37 Å². The number of nitrogens with one attached hydrogen (secondary N) is 2. The second kappa shape index (κ2) is 13.1. The number of rotatable bonds is 12. The summed E-state index contributed by atoms with van der Waals surface area (Å²) in [5, 5.41) is 5.04. The zero-order valence-corrected chi connectivity index (χ0v) is 19.6. The van der Waals surface area contributed by atoms with Gasteiger partial charge in [0.2, 0.25) is 13.3 Å². The van der Waals surface area contributed by atoms with E-state index in [1.54, 1.807) is 0 Å². The molecule has 0 aliphatic carbocycles. The third-order valence-corrected chi connectivity index (χ3v) is 6.85. The first-order valence-electron chi connectivity index (χ1n) is 10.1. The van der Waals surface area contributed by atoms with Gasteiger partial charge < -0.3 is 24.6 Å². The maximum atomic E-state index is 13.2. The number of benzene rings is 1. The summed E-state index contributed by atoms with van der Waals surface area (Å²) in [6.07, 6.45) is -0.650. The molecule has 1 aromatic carbocycles. The van der Waals surface area contributed by atoms with E-state index in [2.05, 4.69) is 15.4 Å². The fourth-order valence-electron chi connectivity index (χ4n) is 2.90. The average molecular weight is 456 g/mol. The molecule has 0 heterocycles. The van der Waals surface area contributed by atoms with Gasteiger partial charge in [-0.3, -0.25) is 9.36 Å². The molecular formula is C21H33N2O7P. The van der Waals surface area contributed by atoms with E-state index in [0.29, 0.717) is 6.42 Å². The number of hydrogen-bond donors (Lipinski definition) is 2. The average Bonchev–Trinajstić information content (AvgIpc) is 2.75. The number of esters is 1. The largest absolute Gasteiger partial charge is 0.467 e. The summed E-state index contributed by atoms with van der Waals surface area (Å²) in [4.78, 5) is 36.3. The second-order valence-corrected chi connectivity index (χ2v) is 10.3. The predicted molar refractivity (Wildman–Crippen MR) is 117 cm³/mol. The van der Waals surface area contributed by atoms with Crippen molar-refractivity contribution in [3.05, 3.63) is 35.9 Å². The molecule has 0 saturated carbocycles. The molecular weight excluding hydrogens is 423 g/mol. The Kier molecular flexibility index (Phi) is 11.3. The highest BCUT2D eigenvalue weighted by atomic mass is 31.2. The predicted octanol–water partition coefficient (Wildman–Crippen LogP) is 3.13. The van der Waals surface area contributed by atoms with Crippen molar-refractivity contribution in [3.63, 3.8) is 0 Å². The Hall–Kier alpha value is -2.38. The Morgan fingerprint density at radius 1 is 1.06 bits per heavy atom. The van der Waals surface area contributed by atoms with Crippen molar-refractivity contribution < 1.29 is 32.9 Å². The summed E-state index contributed by atoms with van der Waals surface area (Å²) < 4.78 is 28.1. The van der Waals surface area contributed by atoms with E-state index in [0.717, 1.165) is 5.56 Å². The Labute approximate surface area is 183 Å². The number of amides is 2. The molecule has 0 aliphatic heterocycles. The number of ether oxygens (including phenoxy) is 2. The van der Waals surface area contributed by atoms with Gasteiger partial charge in [-0.15, -0.1) is 0 Å². The quantitative estimate of drug-likeness (QED) is 0.366. The maximum absolute atomic E-state index is 13.2. The molecule has 0 radical (unpaired) electrons. The summed E-state index contributed by atoms with van der Waals surface area (Å²) in [6, 6.07) is 8.32. The van der Waals surface area contributed by atoms with Crippen molar-refractivity contribution in [2.24, 2.45) is 11.8 Å². The van der Waals surface area contributed by atoms with Gasteiger partial charge in [-0.2, -0.15) is 0 Å². The number of carbonyl (C=O) groups is 3. The molecule has 0 fully saturated rings. The highest BCUT2D eigenvalue weighted by Gasteiger charge is 2.33. The third-order valence-electron chi connectivity index (χ3n) is 4.55. The van der Waals surface area contributed by atoms with E-state index < -0.39 is 37.3 Å². The number of methoxy groups -OCH3 is 1. The molecule has 0 aromatic heterocycles. The van der Waals surface area contributed by atoms with E-state index in [-0.39, 0.29) is 25.0 Å². The summed E-state index contributed by atoms with van der Waals surface area (Å²) >= 11 is 0. The third kappa shape index (κ3) is 9.98. The highest BCUT2D eigenvalue weighted by molar-refractivity contribution is 7.59. The van der Waals surface area contributed by atoms with Gasteiger partial charge in [0.25, 0.3) is 0 Å². The molecule has 9 nitrogen and oxygen atoms in total. The molecule has 10 heteroatoms. The van der Waals surface area contributed by atoms with Gasteiger partial charge in [0.15, 0.2) is 0 Å². The monoisotopic (exact) mass is 456 g/mol. The molecule has 1 aromatic rings. The van der Waals surface area contributed by atoms with Gasteiger partial charge in [0.05, 0.1) is 13.4 Å². The van der Waals surface area contributed by atoms with E-state index in [1.807, 2.05) is 44.2 Å². The maximum Gasteiger partial charge on any atom is 0.407 e. The van der Waals surface area contributed by atoms with Crippen LogP contribution in [0.5, 0.6) is 0 Å². The molecule has 2 unspecified atom stereocenters. The van der Waals surface area contributed by atoms with Gasteiger partial charge in [-0.05, 0) is 24.8 Å². The van der Waals surface area contributed by atoms with Crippen LogP contribution < -0.4 is 10.6 Å². The molecule has 3 atom stereocenters. The van der Waals surface area contributed by atoms with E-state index >= 15 is 0 Å².